The Hall–Kier alpha value is -1.55. The van der Waals surface area contributed by atoms with Crippen LogP contribution in [-0.2, 0) is 16.0 Å². The molecule has 0 saturated heterocycles. The zero-order chi connectivity index (χ0) is 13.4. The number of hydrogen-bond acceptors (Lipinski definition) is 4. The number of hydrogen-bond donors (Lipinski definition) is 1. The Morgan fingerprint density at radius 2 is 2.17 bits per heavy atom. The minimum atomic E-state index is -0.363. The molecule has 0 fully saturated rings. The molecule has 0 aromatic heterocycles. The van der Waals surface area contributed by atoms with Crippen molar-refractivity contribution in [2.75, 3.05) is 13.7 Å². The average molecular weight is 356 g/mol. The van der Waals surface area contributed by atoms with Crippen LogP contribution in [0.15, 0.2) is 36.0 Å². The van der Waals surface area contributed by atoms with Gasteiger partial charge in [-0.05, 0) is 40.3 Å². The molecule has 1 aromatic rings. The third-order valence-electron chi connectivity index (χ3n) is 2.20. The lowest BCUT2D eigenvalue weighted by Crippen LogP contribution is -2.19. The molecule has 0 unspecified atom stereocenters. The minimum absolute atomic E-state index is 0.0639. The molecule has 0 aliphatic carbocycles. The summed E-state index contributed by atoms with van der Waals surface area (Å²) in [4.78, 5) is 10.9. The number of allylic oxidation sites excluding steroid dienone is 1. The largest absolute Gasteiger partial charge is 0.468 e. The lowest BCUT2D eigenvalue weighted by atomic mass is 10.1. The Morgan fingerprint density at radius 3 is 2.72 bits per heavy atom. The van der Waals surface area contributed by atoms with E-state index in [1.165, 1.54) is 7.11 Å². The summed E-state index contributed by atoms with van der Waals surface area (Å²) in [6, 6.07) is 10.0. The first-order chi connectivity index (χ1) is 8.65. The van der Waals surface area contributed by atoms with E-state index in [0.717, 1.165) is 9.13 Å². The summed E-state index contributed by atoms with van der Waals surface area (Å²) < 4.78 is 5.64. The van der Waals surface area contributed by atoms with Crippen molar-refractivity contribution in [2.24, 2.45) is 0 Å². The van der Waals surface area contributed by atoms with Crippen LogP contribution in [-0.4, -0.2) is 19.6 Å². The molecule has 0 aliphatic rings. The van der Waals surface area contributed by atoms with Crippen molar-refractivity contribution in [3.05, 3.63) is 45.2 Å². The molecule has 0 radical (unpaired) electrons. The second kappa shape index (κ2) is 7.71. The minimum Gasteiger partial charge on any atom is -0.468 e. The highest BCUT2D eigenvalue weighted by atomic mass is 127. The van der Waals surface area contributed by atoms with Crippen molar-refractivity contribution in [3.8, 4) is 6.07 Å². The predicted molar refractivity (Wildman–Crippen MR) is 76.6 cm³/mol. The number of esters is 1. The number of nitriles is 1. The number of rotatable bonds is 5. The van der Waals surface area contributed by atoms with E-state index in [-0.39, 0.29) is 12.5 Å². The Kier molecular flexibility index (Phi) is 6.22. The molecule has 0 heterocycles. The van der Waals surface area contributed by atoms with Crippen LogP contribution in [0.25, 0.3) is 0 Å². The van der Waals surface area contributed by atoms with Crippen molar-refractivity contribution in [3.63, 3.8) is 0 Å². The summed E-state index contributed by atoms with van der Waals surface area (Å²) in [6.07, 6.45) is 2.09. The van der Waals surface area contributed by atoms with Crippen LogP contribution >= 0.6 is 22.6 Å². The van der Waals surface area contributed by atoms with Gasteiger partial charge in [0.05, 0.1) is 13.2 Å². The number of nitrogens with zero attached hydrogens (tertiary/aromatic N) is 1. The van der Waals surface area contributed by atoms with Crippen LogP contribution < -0.4 is 5.32 Å². The zero-order valence-corrected chi connectivity index (χ0v) is 12.1. The van der Waals surface area contributed by atoms with Crippen molar-refractivity contribution in [1.82, 2.24) is 5.32 Å². The van der Waals surface area contributed by atoms with Crippen LogP contribution in [0.2, 0.25) is 0 Å². The molecule has 1 aromatic carbocycles. The van der Waals surface area contributed by atoms with E-state index in [2.05, 4.69) is 38.7 Å². The van der Waals surface area contributed by atoms with Crippen LogP contribution in [0.4, 0.5) is 0 Å². The quantitative estimate of drug-likeness (QED) is 0.498. The van der Waals surface area contributed by atoms with Crippen molar-refractivity contribution < 1.29 is 9.53 Å². The van der Waals surface area contributed by atoms with Crippen LogP contribution in [0.3, 0.4) is 0 Å². The highest BCUT2D eigenvalue weighted by Gasteiger charge is 2.00. The molecule has 4 nitrogen and oxygen atoms in total. The van der Waals surface area contributed by atoms with Crippen LogP contribution in [0.5, 0.6) is 0 Å². The average Bonchev–Trinajstić information content (AvgIpc) is 2.39. The second-order valence-electron chi connectivity index (χ2n) is 3.54. The van der Waals surface area contributed by atoms with Gasteiger partial charge in [-0.3, -0.25) is 4.79 Å². The molecule has 0 aliphatic heterocycles. The number of benzene rings is 1. The third-order valence-corrected chi connectivity index (χ3v) is 2.92. The van der Waals surface area contributed by atoms with E-state index in [0.29, 0.717) is 12.0 Å². The maximum Gasteiger partial charge on any atom is 0.325 e. The molecular weight excluding hydrogens is 343 g/mol. The first kappa shape index (κ1) is 14.5. The van der Waals surface area contributed by atoms with Gasteiger partial charge >= 0.3 is 5.97 Å². The van der Waals surface area contributed by atoms with Crippen molar-refractivity contribution in [2.45, 2.75) is 6.42 Å². The van der Waals surface area contributed by atoms with Crippen molar-refractivity contribution >= 4 is 28.6 Å². The summed E-state index contributed by atoms with van der Waals surface area (Å²) in [5.74, 6) is -0.363. The van der Waals surface area contributed by atoms with Gasteiger partial charge in [-0.15, -0.1) is 0 Å². The van der Waals surface area contributed by atoms with E-state index >= 15 is 0 Å². The highest BCUT2D eigenvalue weighted by molar-refractivity contribution is 14.1. The topological polar surface area (TPSA) is 62.1 Å². The summed E-state index contributed by atoms with van der Waals surface area (Å²) in [6.45, 7) is 0.0639. The van der Waals surface area contributed by atoms with E-state index in [4.69, 9.17) is 5.26 Å². The third kappa shape index (κ3) is 5.19. The lowest BCUT2D eigenvalue weighted by molar-refractivity contribution is -0.139. The molecule has 5 heteroatoms. The number of carbonyl (C=O) groups is 1. The Labute approximate surface area is 120 Å². The summed E-state index contributed by atoms with van der Waals surface area (Å²) in [5.41, 5.74) is 1.63. The number of halogens is 1. The molecule has 1 rings (SSSR count). The Balaban J connectivity index is 2.56. The van der Waals surface area contributed by atoms with E-state index in [1.807, 2.05) is 24.3 Å². The lowest BCUT2D eigenvalue weighted by Gasteiger charge is -2.02. The van der Waals surface area contributed by atoms with Crippen LogP contribution in [0, 0.1) is 14.9 Å². The molecule has 1 N–H and O–H groups in total. The van der Waals surface area contributed by atoms with Gasteiger partial charge in [0.25, 0.3) is 0 Å². The molecule has 0 bridgehead atoms. The first-order valence-corrected chi connectivity index (χ1v) is 6.37. The summed E-state index contributed by atoms with van der Waals surface area (Å²) >= 11 is 2.23. The van der Waals surface area contributed by atoms with Gasteiger partial charge in [0, 0.05) is 21.8 Å². The fourth-order valence-corrected chi connectivity index (χ4v) is 1.63. The van der Waals surface area contributed by atoms with Gasteiger partial charge in [0.2, 0.25) is 0 Å². The number of ether oxygens (including phenoxy) is 1. The van der Waals surface area contributed by atoms with Crippen LogP contribution in [0.1, 0.15) is 5.56 Å². The SMILES string of the molecule is COC(=O)CN/C=C(/C#N)Cc1ccc(I)cc1. The highest BCUT2D eigenvalue weighted by Crippen LogP contribution is 2.10. The molecular formula is C13H13IN2O2. The summed E-state index contributed by atoms with van der Waals surface area (Å²) in [5, 5.41) is 11.7. The standard InChI is InChI=1S/C13H13IN2O2/c1-18-13(17)9-16-8-11(7-15)6-10-2-4-12(14)5-3-10/h2-5,8,16H,6,9H2,1H3/b11-8+. The van der Waals surface area contributed by atoms with E-state index < -0.39 is 0 Å². The molecule has 18 heavy (non-hydrogen) atoms. The maximum atomic E-state index is 10.9. The van der Waals surface area contributed by atoms with Gasteiger partial charge in [-0.1, -0.05) is 12.1 Å². The normalized spacial score (nSPS) is 10.6. The molecule has 0 atom stereocenters. The van der Waals surface area contributed by atoms with Gasteiger partial charge in [-0.25, -0.2) is 0 Å². The molecule has 0 spiro atoms. The summed E-state index contributed by atoms with van der Waals surface area (Å²) in [7, 11) is 1.32. The van der Waals surface area contributed by atoms with E-state index in [9.17, 15) is 4.79 Å². The second-order valence-corrected chi connectivity index (χ2v) is 4.79. The number of methoxy groups -OCH3 is 1. The molecule has 0 saturated carbocycles. The fourth-order valence-electron chi connectivity index (χ4n) is 1.27. The van der Waals surface area contributed by atoms with Crippen molar-refractivity contribution in [1.29, 1.82) is 5.26 Å². The predicted octanol–water partition coefficient (Wildman–Crippen LogP) is 2.00. The Morgan fingerprint density at radius 1 is 1.50 bits per heavy atom. The van der Waals surface area contributed by atoms with Gasteiger partial charge in [-0.2, -0.15) is 5.26 Å². The number of nitrogens with one attached hydrogen (secondary N) is 1. The maximum absolute atomic E-state index is 10.9. The van der Waals surface area contributed by atoms with Gasteiger partial charge < -0.3 is 10.1 Å². The smallest absolute Gasteiger partial charge is 0.325 e. The zero-order valence-electron chi connectivity index (χ0n) is 9.94. The Bertz CT molecular complexity index is 475. The van der Waals surface area contributed by atoms with Gasteiger partial charge in [0.1, 0.15) is 6.54 Å². The number of carbonyl (C=O) groups excluding carboxylic acids is 1. The molecule has 94 valence electrons. The fraction of sp³-hybridized carbons (Fsp3) is 0.231. The molecule has 0 amide bonds. The van der Waals surface area contributed by atoms with Gasteiger partial charge in [0.15, 0.2) is 0 Å². The first-order valence-electron chi connectivity index (χ1n) is 5.29. The van der Waals surface area contributed by atoms with E-state index in [1.54, 1.807) is 6.20 Å². The monoisotopic (exact) mass is 356 g/mol.